The van der Waals surface area contributed by atoms with Crippen LogP contribution in [0.15, 0.2) is 6.20 Å². The Morgan fingerprint density at radius 3 is 3.13 bits per heavy atom. The first-order valence-corrected chi connectivity index (χ1v) is 5.66. The van der Waals surface area contributed by atoms with Gasteiger partial charge in [-0.2, -0.15) is 5.10 Å². The van der Waals surface area contributed by atoms with E-state index < -0.39 is 0 Å². The minimum Gasteiger partial charge on any atom is -0.790 e. The third-order valence-corrected chi connectivity index (χ3v) is 3.95. The molecule has 1 aromatic heterocycles. The maximum absolute atomic E-state index is 11.4. The highest BCUT2D eigenvalue weighted by Crippen LogP contribution is 2.34. The van der Waals surface area contributed by atoms with Crippen LogP contribution in [-0.4, -0.2) is 35.0 Å². The van der Waals surface area contributed by atoms with Gasteiger partial charge in [0.25, 0.3) is 0 Å². The van der Waals surface area contributed by atoms with Crippen molar-refractivity contribution in [3.63, 3.8) is 0 Å². The van der Waals surface area contributed by atoms with Crippen molar-refractivity contribution >= 4 is 0 Å². The maximum atomic E-state index is 11.4. The normalized spacial score (nSPS) is 31.0. The smallest absolute Gasteiger partial charge is 0.0521 e. The molecule has 4 heteroatoms. The lowest BCUT2D eigenvalue weighted by molar-refractivity contribution is 0.133. The van der Waals surface area contributed by atoms with Crippen LogP contribution in [-0.2, 0) is 12.8 Å². The molecule has 82 valence electrons. The minimum absolute atomic E-state index is 0.707. The van der Waals surface area contributed by atoms with Crippen LogP contribution < -0.4 is 0 Å². The third-order valence-electron chi connectivity index (χ3n) is 3.95. The Labute approximate surface area is 89.5 Å². The zero-order chi connectivity index (χ0) is 10.4. The van der Waals surface area contributed by atoms with Crippen LogP contribution >= 0.6 is 0 Å². The molecule has 1 aliphatic heterocycles. The Morgan fingerprint density at radius 1 is 1.40 bits per heavy atom. The zero-order valence-electron chi connectivity index (χ0n) is 9.02. The van der Waals surface area contributed by atoms with Gasteiger partial charge in [-0.25, -0.2) is 0 Å². The fourth-order valence-electron chi connectivity index (χ4n) is 3.06. The molecule has 1 aliphatic carbocycles. The van der Waals surface area contributed by atoms with Crippen LogP contribution in [0.2, 0.25) is 0 Å². The van der Waals surface area contributed by atoms with E-state index in [9.17, 15) is 5.21 Å². The van der Waals surface area contributed by atoms with E-state index >= 15 is 0 Å². The summed E-state index contributed by atoms with van der Waals surface area (Å²) in [5.74, 6) is 1.44. The zero-order valence-corrected chi connectivity index (χ0v) is 9.02. The minimum atomic E-state index is 0.707. The van der Waals surface area contributed by atoms with Gasteiger partial charge in [-0.15, -0.1) is 0 Å². The standard InChI is InChI=1S/C11H16N3O/c1-13-3-2-8-5-11-9(4-10(8)7-13)6-12-14(11)15/h6,8,10H,2-5,7H2,1H3/q-1. The van der Waals surface area contributed by atoms with E-state index in [0.29, 0.717) is 5.92 Å². The summed E-state index contributed by atoms with van der Waals surface area (Å²) in [6.45, 7) is 2.34. The lowest BCUT2D eigenvalue weighted by atomic mass is 9.74. The van der Waals surface area contributed by atoms with Crippen molar-refractivity contribution < 1.29 is 0 Å². The maximum Gasteiger partial charge on any atom is 0.0521 e. The second kappa shape index (κ2) is 3.23. The van der Waals surface area contributed by atoms with Crippen molar-refractivity contribution in [2.45, 2.75) is 19.3 Å². The van der Waals surface area contributed by atoms with Crippen LogP contribution in [0.25, 0.3) is 0 Å². The number of likely N-dealkylation sites (tertiary alicyclic amines) is 1. The summed E-state index contributed by atoms with van der Waals surface area (Å²) < 4.78 is 0. The highest BCUT2D eigenvalue weighted by molar-refractivity contribution is 5.23. The fourth-order valence-corrected chi connectivity index (χ4v) is 3.06. The number of aromatic nitrogens is 2. The average Bonchev–Trinajstić information content (AvgIpc) is 2.57. The second-order valence-corrected chi connectivity index (χ2v) is 4.97. The Hall–Kier alpha value is -1.03. The van der Waals surface area contributed by atoms with E-state index in [1.807, 2.05) is 0 Å². The summed E-state index contributed by atoms with van der Waals surface area (Å²) >= 11 is 0. The van der Waals surface area contributed by atoms with E-state index in [0.717, 1.165) is 29.3 Å². The monoisotopic (exact) mass is 206 g/mol. The predicted octanol–water partition coefficient (Wildman–Crippen LogP) is 0.895. The topological polar surface area (TPSA) is 44.1 Å². The molecule has 0 spiro atoms. The SMILES string of the molecule is CN1CCC2Cc3c(cnn3[O-])CC2C1. The third kappa shape index (κ3) is 1.44. The summed E-state index contributed by atoms with van der Waals surface area (Å²) in [6.07, 6.45) is 4.98. The molecule has 2 atom stereocenters. The molecule has 2 heterocycles. The number of nitrogens with zero attached hydrogens (tertiary/aromatic N) is 3. The molecule has 0 radical (unpaired) electrons. The molecule has 0 aromatic carbocycles. The quantitative estimate of drug-likeness (QED) is 0.633. The molecular formula is C11H16N3O-. The van der Waals surface area contributed by atoms with Crippen LogP contribution in [0.4, 0.5) is 0 Å². The lowest BCUT2D eigenvalue weighted by Crippen LogP contribution is -2.42. The summed E-state index contributed by atoms with van der Waals surface area (Å²) in [5.41, 5.74) is 2.11. The van der Waals surface area contributed by atoms with Crippen molar-refractivity contribution in [2.75, 3.05) is 20.1 Å². The van der Waals surface area contributed by atoms with Gasteiger partial charge >= 0.3 is 0 Å². The Balaban J connectivity index is 1.88. The fraction of sp³-hybridized carbons (Fsp3) is 0.727. The first kappa shape index (κ1) is 9.21. The first-order chi connectivity index (χ1) is 7.24. The van der Waals surface area contributed by atoms with E-state index in [-0.39, 0.29) is 0 Å². The average molecular weight is 206 g/mol. The number of hydrogen-bond acceptors (Lipinski definition) is 3. The van der Waals surface area contributed by atoms with Gasteiger partial charge in [0.05, 0.1) is 6.20 Å². The van der Waals surface area contributed by atoms with Gasteiger partial charge < -0.3 is 10.1 Å². The van der Waals surface area contributed by atoms with Crippen LogP contribution in [0.1, 0.15) is 17.7 Å². The molecule has 2 aliphatic rings. The summed E-state index contributed by atoms with van der Waals surface area (Å²) in [7, 11) is 2.18. The molecule has 0 N–H and O–H groups in total. The lowest BCUT2D eigenvalue weighted by Gasteiger charge is -2.40. The predicted molar refractivity (Wildman–Crippen MR) is 57.5 cm³/mol. The van der Waals surface area contributed by atoms with Crippen molar-refractivity contribution in [3.8, 4) is 0 Å². The van der Waals surface area contributed by atoms with E-state index in [1.165, 1.54) is 25.1 Å². The van der Waals surface area contributed by atoms with E-state index in [2.05, 4.69) is 17.0 Å². The van der Waals surface area contributed by atoms with Gasteiger partial charge in [0.1, 0.15) is 0 Å². The highest BCUT2D eigenvalue weighted by atomic mass is 16.5. The molecule has 1 saturated heterocycles. The Morgan fingerprint density at radius 2 is 2.27 bits per heavy atom. The molecule has 0 saturated carbocycles. The molecule has 0 bridgehead atoms. The van der Waals surface area contributed by atoms with E-state index in [4.69, 9.17) is 0 Å². The molecule has 3 rings (SSSR count). The largest absolute Gasteiger partial charge is 0.790 e. The summed E-state index contributed by atoms with van der Waals surface area (Å²) in [6, 6.07) is 0. The molecule has 4 nitrogen and oxygen atoms in total. The van der Waals surface area contributed by atoms with Crippen LogP contribution in [0.3, 0.4) is 0 Å². The van der Waals surface area contributed by atoms with Gasteiger partial charge in [0.2, 0.25) is 0 Å². The molecule has 1 aromatic rings. The van der Waals surface area contributed by atoms with Gasteiger partial charge in [0, 0.05) is 12.2 Å². The molecule has 1 fully saturated rings. The number of piperidine rings is 1. The summed E-state index contributed by atoms with van der Waals surface area (Å²) in [5, 5.41) is 15.2. The van der Waals surface area contributed by atoms with Crippen LogP contribution in [0.5, 0.6) is 0 Å². The Bertz CT molecular complexity index is 374. The first-order valence-electron chi connectivity index (χ1n) is 5.66. The van der Waals surface area contributed by atoms with Gasteiger partial charge in [-0.1, -0.05) is 0 Å². The van der Waals surface area contributed by atoms with Gasteiger partial charge in [-0.3, -0.25) is 4.85 Å². The second-order valence-electron chi connectivity index (χ2n) is 4.97. The molecule has 0 amide bonds. The van der Waals surface area contributed by atoms with Crippen molar-refractivity contribution in [1.29, 1.82) is 0 Å². The highest BCUT2D eigenvalue weighted by Gasteiger charge is 2.33. The van der Waals surface area contributed by atoms with Gasteiger partial charge in [-0.05, 0) is 50.3 Å². The summed E-state index contributed by atoms with van der Waals surface area (Å²) in [4.78, 5) is 3.22. The van der Waals surface area contributed by atoms with Crippen LogP contribution in [0, 0.1) is 17.0 Å². The van der Waals surface area contributed by atoms with Crippen molar-refractivity contribution in [3.05, 3.63) is 22.7 Å². The Kier molecular flexibility index (Phi) is 1.99. The molecule has 2 unspecified atom stereocenters. The van der Waals surface area contributed by atoms with Crippen molar-refractivity contribution in [1.82, 2.24) is 14.8 Å². The molecular weight excluding hydrogens is 190 g/mol. The number of hydrogen-bond donors (Lipinski definition) is 0. The number of fused-ring (bicyclic) bond motifs is 2. The van der Waals surface area contributed by atoms with Crippen molar-refractivity contribution in [2.24, 2.45) is 11.8 Å². The van der Waals surface area contributed by atoms with E-state index in [1.54, 1.807) is 6.20 Å². The number of rotatable bonds is 0. The van der Waals surface area contributed by atoms with Gasteiger partial charge in [0.15, 0.2) is 0 Å². The molecule has 15 heavy (non-hydrogen) atoms.